The summed E-state index contributed by atoms with van der Waals surface area (Å²) in [6.07, 6.45) is 5.02. The van der Waals surface area contributed by atoms with Gasteiger partial charge in [0, 0.05) is 42.9 Å². The highest BCUT2D eigenvalue weighted by Crippen LogP contribution is 2.46. The van der Waals surface area contributed by atoms with Gasteiger partial charge < -0.3 is 4.98 Å². The highest BCUT2D eigenvalue weighted by Gasteiger charge is 2.43. The minimum atomic E-state index is -5.11. The number of rotatable bonds is 7. The number of H-pyrrole nitrogens is 1. The van der Waals surface area contributed by atoms with Crippen LogP contribution in [0.3, 0.4) is 0 Å². The molecule has 10 rings (SSSR count). The Labute approximate surface area is 407 Å². The zero-order chi connectivity index (χ0) is 53.2. The number of aromatic nitrogens is 1. The molecule has 6 aliphatic heterocycles. The van der Waals surface area contributed by atoms with Gasteiger partial charge in [-0.25, -0.2) is 97.7 Å². The number of hydrogen-bond acceptors (Lipinski definition) is 7. The molecule has 0 unspecified atom stereocenters. The summed E-state index contributed by atoms with van der Waals surface area (Å²) in [6.45, 7) is -0.940. The lowest BCUT2D eigenvalue weighted by Crippen LogP contribution is -2.36. The molecule has 3 aromatic carbocycles. The number of halogens is 15. The van der Waals surface area contributed by atoms with Crippen LogP contribution in [0.25, 0.3) is 16.7 Å². The van der Waals surface area contributed by atoms with Crippen molar-refractivity contribution in [2.45, 2.75) is 43.4 Å². The number of hydrogen-bond donors (Lipinski definition) is 1. The lowest BCUT2D eigenvalue weighted by molar-refractivity contribution is 0.346. The molecule has 0 aliphatic carbocycles. The molecule has 0 saturated carbocycles. The van der Waals surface area contributed by atoms with Gasteiger partial charge in [-0.05, 0) is 62.1 Å². The second-order valence-corrected chi connectivity index (χ2v) is 20.9. The molecule has 0 atom stereocenters. The minimum absolute atomic E-state index is 0.221. The van der Waals surface area contributed by atoms with Crippen LogP contribution in [0, 0.1) is 87.3 Å². The largest absolute Gasteiger partial charge is 0.352 e. The van der Waals surface area contributed by atoms with Crippen LogP contribution in [-0.2, 0) is 20.0 Å². The van der Waals surface area contributed by atoms with Crippen molar-refractivity contribution in [3.8, 4) is 0 Å². The Bertz CT molecular complexity index is 3700. The average molecular weight is 1090 g/mol. The molecule has 4 aromatic rings. The summed E-state index contributed by atoms with van der Waals surface area (Å²) in [4.78, 5) is 12.6. The molecule has 0 amide bonds. The van der Waals surface area contributed by atoms with Crippen LogP contribution >= 0.6 is 0 Å². The summed E-state index contributed by atoms with van der Waals surface area (Å²) in [5, 5.41) is 0. The van der Waals surface area contributed by atoms with E-state index >= 15 is 52.7 Å². The molecular weight excluding hydrogens is 1060 g/mol. The first kappa shape index (κ1) is 50.7. The molecule has 386 valence electrons. The van der Waals surface area contributed by atoms with E-state index in [4.69, 9.17) is 0 Å². The van der Waals surface area contributed by atoms with Crippen molar-refractivity contribution in [3.63, 3.8) is 0 Å². The average Bonchev–Trinajstić information content (AvgIpc) is 4.25. The normalized spacial score (nSPS) is 18.6. The quantitative estimate of drug-likeness (QED) is 0.112. The maximum absolute atomic E-state index is 16.3. The number of nitrogens with zero attached hydrogens (tertiary/aromatic N) is 5. The first-order chi connectivity index (χ1) is 35.0. The fraction of sp³-hybridized carbons (Fsp3) is 0.213. The van der Waals surface area contributed by atoms with Crippen molar-refractivity contribution < 1.29 is 82.7 Å². The number of aromatic amines is 1. The zero-order valence-electron chi connectivity index (χ0n) is 36.9. The molecule has 74 heavy (non-hydrogen) atoms. The van der Waals surface area contributed by atoms with Crippen LogP contribution in [-0.4, -0.2) is 73.7 Å². The number of allylic oxidation sites excluding steroid dienone is 7. The van der Waals surface area contributed by atoms with E-state index in [2.05, 4.69) is 20.0 Å². The van der Waals surface area contributed by atoms with Gasteiger partial charge in [0.2, 0.25) is 37.5 Å². The minimum Gasteiger partial charge on any atom is -0.352 e. The van der Waals surface area contributed by atoms with Crippen LogP contribution < -0.4 is 0 Å². The van der Waals surface area contributed by atoms with Crippen molar-refractivity contribution in [2.24, 2.45) is 15.0 Å². The lowest BCUT2D eigenvalue weighted by Gasteiger charge is -2.27. The van der Waals surface area contributed by atoms with E-state index in [1.807, 2.05) is 0 Å². The lowest BCUT2D eigenvalue weighted by atomic mass is 9.96. The molecule has 10 nitrogen and oxygen atoms in total. The maximum atomic E-state index is 16.3. The summed E-state index contributed by atoms with van der Waals surface area (Å²) in [5.41, 5.74) is -18.0. The summed E-state index contributed by atoms with van der Waals surface area (Å²) in [7, 11) is -10.2. The number of benzene rings is 3. The smallest absolute Gasteiger partial charge is 0.245 e. The molecule has 1 aromatic heterocycles. The molecule has 2 saturated heterocycles. The highest BCUT2D eigenvalue weighted by atomic mass is 32.2. The van der Waals surface area contributed by atoms with Gasteiger partial charge in [0.05, 0.1) is 62.3 Å². The standard InChI is InChI=1S/C47H27F15N6O4S2/c48-31-28(32(49)38(55)43(60)37(31)54)25-17-7-9-19(63-17)26(29-33(50)39(56)44(61)40(57)34(29)51)46-23(73(69,70)67-11-3-1-4-12-67)15-21(65-46)22-16-24(74(71,72)68-13-5-2-6-14-68)47(66-22)27(20-10-8-18(25)64-20)30-35(52)41(58)45(62)42(59)36(30)53/h7-10,15-16,65H,1-6,11-14H2. The van der Waals surface area contributed by atoms with E-state index in [0.29, 0.717) is 49.3 Å². The first-order valence-corrected chi connectivity index (χ1v) is 24.7. The summed E-state index contributed by atoms with van der Waals surface area (Å²) >= 11 is 0. The fourth-order valence-corrected chi connectivity index (χ4v) is 12.6. The predicted molar refractivity (Wildman–Crippen MR) is 234 cm³/mol. The van der Waals surface area contributed by atoms with Crippen molar-refractivity contribution >= 4 is 53.9 Å². The van der Waals surface area contributed by atoms with Crippen LogP contribution in [0.1, 0.15) is 66.6 Å². The van der Waals surface area contributed by atoms with Crippen LogP contribution in [0.2, 0.25) is 0 Å². The Morgan fingerprint density at radius 3 is 1.22 bits per heavy atom. The second-order valence-electron chi connectivity index (χ2n) is 17.1. The van der Waals surface area contributed by atoms with Crippen LogP contribution in [0.5, 0.6) is 0 Å². The van der Waals surface area contributed by atoms with Crippen molar-refractivity contribution in [3.05, 3.63) is 174 Å². The molecule has 2 fully saturated rings. The monoisotopic (exact) mass is 1090 g/mol. The van der Waals surface area contributed by atoms with Crippen LogP contribution in [0.4, 0.5) is 65.9 Å². The Kier molecular flexibility index (Phi) is 12.5. The van der Waals surface area contributed by atoms with E-state index in [1.165, 1.54) is 0 Å². The third kappa shape index (κ3) is 7.66. The Hall–Kier alpha value is -6.84. The van der Waals surface area contributed by atoms with Gasteiger partial charge in [0.25, 0.3) is 0 Å². The number of piperidine rings is 2. The maximum Gasteiger partial charge on any atom is 0.245 e. The third-order valence-electron chi connectivity index (χ3n) is 12.8. The van der Waals surface area contributed by atoms with E-state index < -0.39 is 196 Å². The van der Waals surface area contributed by atoms with E-state index in [0.717, 1.165) is 8.61 Å². The van der Waals surface area contributed by atoms with E-state index in [-0.39, 0.29) is 51.9 Å². The van der Waals surface area contributed by atoms with Gasteiger partial charge in [-0.1, -0.05) is 12.8 Å². The summed E-state index contributed by atoms with van der Waals surface area (Å²) < 4.78 is 294. The molecule has 27 heteroatoms. The molecule has 8 bridgehead atoms. The van der Waals surface area contributed by atoms with Crippen LogP contribution in [0.15, 0.2) is 78.3 Å². The molecule has 6 aliphatic rings. The third-order valence-corrected chi connectivity index (χ3v) is 16.7. The summed E-state index contributed by atoms with van der Waals surface area (Å²) in [6, 6.07) is 0.660. The van der Waals surface area contributed by atoms with Gasteiger partial charge in [0.15, 0.2) is 69.8 Å². The predicted octanol–water partition coefficient (Wildman–Crippen LogP) is 10.4. The first-order valence-electron chi connectivity index (χ1n) is 21.9. The van der Waals surface area contributed by atoms with Gasteiger partial charge in [-0.15, -0.1) is 0 Å². The highest BCUT2D eigenvalue weighted by molar-refractivity contribution is 7.93. The topological polar surface area (TPSA) is 128 Å². The van der Waals surface area contributed by atoms with E-state index in [1.54, 1.807) is 0 Å². The number of aliphatic imine (C=N–C) groups is 3. The fourth-order valence-electron chi connectivity index (χ4n) is 9.26. The SMILES string of the molecule is O=S(=O)(C1=CC2=NC1=C(c1c(F)c(F)c(F)c(F)c1F)C1=NC(=C(c3c(F)c(F)c(F)c(F)c3F)C3=NC(=C(c4c(F)c(F)c(F)c(F)c4F)c4[nH]c2cc4S(=O)(=O)N2CCCCC2)C=C3)C=C1)N1CCCCC1. The Morgan fingerprint density at radius 1 is 0.405 bits per heavy atom. The van der Waals surface area contributed by atoms with Gasteiger partial charge in [0.1, 0.15) is 9.80 Å². The molecule has 0 spiro atoms. The molecule has 1 N–H and O–H groups in total. The van der Waals surface area contributed by atoms with Crippen molar-refractivity contribution in [1.82, 2.24) is 13.6 Å². The molecular formula is C47H27F15N6O4S2. The second kappa shape index (κ2) is 18.2. The number of nitrogens with one attached hydrogen (secondary N) is 1. The van der Waals surface area contributed by atoms with Gasteiger partial charge >= 0.3 is 0 Å². The van der Waals surface area contributed by atoms with Crippen molar-refractivity contribution in [1.29, 1.82) is 0 Å². The van der Waals surface area contributed by atoms with Crippen molar-refractivity contribution in [2.75, 3.05) is 26.2 Å². The van der Waals surface area contributed by atoms with E-state index in [9.17, 15) is 30.0 Å². The van der Waals surface area contributed by atoms with Gasteiger partial charge in [-0.2, -0.15) is 8.61 Å². The number of sulfonamides is 2. The Morgan fingerprint density at radius 2 is 0.770 bits per heavy atom. The molecule has 7 heterocycles. The zero-order valence-corrected chi connectivity index (χ0v) is 38.5. The molecule has 0 radical (unpaired) electrons. The summed E-state index contributed by atoms with van der Waals surface area (Å²) in [5.74, 6) is -39.6. The number of fused-ring (bicyclic) bond motifs is 6. The Balaban J connectivity index is 1.44. The van der Waals surface area contributed by atoms with Gasteiger partial charge in [-0.3, -0.25) is 0 Å².